The van der Waals surface area contributed by atoms with Crippen LogP contribution in [0.2, 0.25) is 0 Å². The Morgan fingerprint density at radius 2 is 2.10 bits per heavy atom. The van der Waals surface area contributed by atoms with Gasteiger partial charge < -0.3 is 20.4 Å². The predicted octanol–water partition coefficient (Wildman–Crippen LogP) is 2.88. The number of aryl methyl sites for hydroxylation is 1. The average molecular weight is 405 g/mol. The zero-order chi connectivity index (χ0) is 20.5. The molecule has 9 nitrogen and oxygen atoms in total. The zero-order valence-corrected chi connectivity index (χ0v) is 16.7. The second-order valence-corrected chi connectivity index (χ2v) is 7.30. The lowest BCUT2D eigenvalue weighted by atomic mass is 10.1. The first-order valence-electron chi connectivity index (χ1n) is 10.2. The quantitative estimate of drug-likeness (QED) is 0.520. The van der Waals surface area contributed by atoms with Gasteiger partial charge in [0, 0.05) is 18.7 Å². The highest BCUT2D eigenvalue weighted by molar-refractivity contribution is 5.95. The SMILES string of the molecule is CCn1c(-c2nonc2N)nc2c(-c3ccccc3)ncc(OC3CCCNC3)c21. The van der Waals surface area contributed by atoms with E-state index in [1.807, 2.05) is 41.8 Å². The van der Waals surface area contributed by atoms with Crippen LogP contribution in [-0.4, -0.2) is 44.0 Å². The lowest BCUT2D eigenvalue weighted by Crippen LogP contribution is -2.37. The molecule has 1 aliphatic heterocycles. The van der Waals surface area contributed by atoms with Crippen molar-refractivity contribution in [3.05, 3.63) is 36.5 Å². The molecule has 154 valence electrons. The number of hydrogen-bond donors (Lipinski definition) is 2. The lowest BCUT2D eigenvalue weighted by molar-refractivity contribution is 0.168. The zero-order valence-electron chi connectivity index (χ0n) is 16.7. The molecule has 4 heterocycles. The summed E-state index contributed by atoms with van der Waals surface area (Å²) in [4.78, 5) is 9.60. The van der Waals surface area contributed by atoms with Crippen molar-refractivity contribution in [1.82, 2.24) is 30.2 Å². The minimum atomic E-state index is 0.0915. The molecule has 0 aliphatic carbocycles. The normalized spacial score (nSPS) is 16.8. The molecule has 4 aromatic rings. The van der Waals surface area contributed by atoms with E-state index in [1.165, 1.54) is 0 Å². The fourth-order valence-corrected chi connectivity index (χ4v) is 3.95. The summed E-state index contributed by atoms with van der Waals surface area (Å²) in [6.07, 6.45) is 3.97. The van der Waals surface area contributed by atoms with Gasteiger partial charge in [0.1, 0.15) is 17.1 Å². The standard InChI is InChI=1S/C21H23N7O2/c1-2-28-19-15(29-14-9-6-10-23-11-14)12-24-16(13-7-4-3-5-8-13)17(19)25-21(28)18-20(22)27-30-26-18/h3-5,7-8,12,14,23H,2,6,9-11H2,1H3,(H2,22,27). The van der Waals surface area contributed by atoms with E-state index in [1.54, 1.807) is 6.20 Å². The van der Waals surface area contributed by atoms with Crippen LogP contribution in [0.3, 0.4) is 0 Å². The van der Waals surface area contributed by atoms with Gasteiger partial charge in [-0.05, 0) is 36.6 Å². The maximum Gasteiger partial charge on any atom is 0.199 e. The van der Waals surface area contributed by atoms with Crippen molar-refractivity contribution in [2.45, 2.75) is 32.4 Å². The van der Waals surface area contributed by atoms with Crippen molar-refractivity contribution in [3.63, 3.8) is 0 Å². The summed E-state index contributed by atoms with van der Waals surface area (Å²) >= 11 is 0. The van der Waals surface area contributed by atoms with Gasteiger partial charge in [-0.1, -0.05) is 30.3 Å². The predicted molar refractivity (Wildman–Crippen MR) is 113 cm³/mol. The number of benzene rings is 1. The number of nitrogens with one attached hydrogen (secondary N) is 1. The molecule has 3 N–H and O–H groups in total. The number of nitrogens with zero attached hydrogens (tertiary/aromatic N) is 5. The van der Waals surface area contributed by atoms with Gasteiger partial charge >= 0.3 is 0 Å². The van der Waals surface area contributed by atoms with Crippen LogP contribution in [0.15, 0.2) is 41.2 Å². The summed E-state index contributed by atoms with van der Waals surface area (Å²) in [6, 6.07) is 9.98. The summed E-state index contributed by atoms with van der Waals surface area (Å²) in [5.41, 5.74) is 9.76. The third kappa shape index (κ3) is 3.17. The molecular weight excluding hydrogens is 382 g/mol. The molecule has 0 radical (unpaired) electrons. The van der Waals surface area contributed by atoms with Crippen LogP contribution in [0.1, 0.15) is 19.8 Å². The lowest BCUT2D eigenvalue weighted by Gasteiger charge is -2.24. The van der Waals surface area contributed by atoms with Crippen molar-refractivity contribution in [1.29, 1.82) is 0 Å². The Hall–Kier alpha value is -3.46. The topological polar surface area (TPSA) is 117 Å². The number of piperidine rings is 1. The molecule has 0 bridgehead atoms. The van der Waals surface area contributed by atoms with E-state index < -0.39 is 0 Å². The summed E-state index contributed by atoms with van der Waals surface area (Å²) in [5, 5.41) is 11.1. The van der Waals surface area contributed by atoms with Crippen molar-refractivity contribution in [2.75, 3.05) is 18.8 Å². The smallest absolute Gasteiger partial charge is 0.199 e. The van der Waals surface area contributed by atoms with Crippen LogP contribution in [0, 0.1) is 0 Å². The molecule has 9 heteroatoms. The Balaban J connectivity index is 1.73. The van der Waals surface area contributed by atoms with Gasteiger partial charge in [0.2, 0.25) is 0 Å². The maximum atomic E-state index is 6.39. The van der Waals surface area contributed by atoms with Gasteiger partial charge in [0.05, 0.1) is 11.9 Å². The van der Waals surface area contributed by atoms with Gasteiger partial charge in [0.15, 0.2) is 23.1 Å². The molecule has 1 aromatic carbocycles. The van der Waals surface area contributed by atoms with Gasteiger partial charge in [-0.15, -0.1) is 0 Å². The van der Waals surface area contributed by atoms with Crippen molar-refractivity contribution in [2.24, 2.45) is 0 Å². The molecule has 1 aliphatic rings. The molecule has 1 atom stereocenters. The molecule has 1 fully saturated rings. The van der Waals surface area contributed by atoms with Gasteiger partial charge in [0.25, 0.3) is 0 Å². The van der Waals surface area contributed by atoms with E-state index in [4.69, 9.17) is 25.1 Å². The number of rotatable bonds is 5. The van der Waals surface area contributed by atoms with Gasteiger partial charge in [-0.25, -0.2) is 14.6 Å². The number of hydrogen-bond acceptors (Lipinski definition) is 8. The number of pyridine rings is 1. The highest BCUT2D eigenvalue weighted by atomic mass is 16.6. The Labute approximate surface area is 173 Å². The minimum Gasteiger partial charge on any atom is -0.485 e. The van der Waals surface area contributed by atoms with E-state index in [-0.39, 0.29) is 11.9 Å². The van der Waals surface area contributed by atoms with Gasteiger partial charge in [-0.3, -0.25) is 0 Å². The number of fused-ring (bicyclic) bond motifs is 1. The van der Waals surface area contributed by atoms with Crippen LogP contribution < -0.4 is 15.8 Å². The largest absolute Gasteiger partial charge is 0.485 e. The first-order valence-corrected chi connectivity index (χ1v) is 10.2. The Kier molecular flexibility index (Phi) is 4.80. The van der Waals surface area contributed by atoms with E-state index >= 15 is 0 Å². The molecule has 1 unspecified atom stereocenters. The van der Waals surface area contributed by atoms with Crippen molar-refractivity contribution in [3.8, 4) is 28.5 Å². The summed E-state index contributed by atoms with van der Waals surface area (Å²) in [7, 11) is 0. The van der Waals surface area contributed by atoms with E-state index in [9.17, 15) is 0 Å². The van der Waals surface area contributed by atoms with Gasteiger partial charge in [-0.2, -0.15) is 0 Å². The van der Waals surface area contributed by atoms with Crippen LogP contribution in [0.25, 0.3) is 33.8 Å². The molecule has 5 rings (SSSR count). The van der Waals surface area contributed by atoms with Crippen LogP contribution >= 0.6 is 0 Å². The Morgan fingerprint density at radius 3 is 2.80 bits per heavy atom. The van der Waals surface area contributed by atoms with Crippen LogP contribution in [0.4, 0.5) is 5.82 Å². The van der Waals surface area contributed by atoms with Crippen LogP contribution in [0.5, 0.6) is 5.75 Å². The van der Waals surface area contributed by atoms with Crippen molar-refractivity contribution < 1.29 is 9.37 Å². The fraction of sp³-hybridized carbons (Fsp3) is 0.333. The molecule has 0 saturated carbocycles. The summed E-state index contributed by atoms with van der Waals surface area (Å²) < 4.78 is 13.2. The Morgan fingerprint density at radius 1 is 1.23 bits per heavy atom. The third-order valence-corrected chi connectivity index (χ3v) is 5.37. The number of imidazole rings is 1. The number of anilines is 1. The number of nitrogen functional groups attached to an aromatic ring is 1. The fourth-order valence-electron chi connectivity index (χ4n) is 3.95. The third-order valence-electron chi connectivity index (χ3n) is 5.37. The van der Waals surface area contributed by atoms with Crippen molar-refractivity contribution >= 4 is 16.9 Å². The molecular formula is C21H23N7O2. The van der Waals surface area contributed by atoms with E-state index in [2.05, 4.69) is 15.6 Å². The first kappa shape index (κ1) is 18.6. The number of aromatic nitrogens is 5. The van der Waals surface area contributed by atoms with Crippen LogP contribution in [-0.2, 0) is 6.54 Å². The summed E-state index contributed by atoms with van der Waals surface area (Å²) in [6.45, 7) is 4.53. The van der Waals surface area contributed by atoms with E-state index in [0.29, 0.717) is 23.8 Å². The molecule has 30 heavy (non-hydrogen) atoms. The second kappa shape index (κ2) is 7.75. The number of nitrogens with two attached hydrogens (primary N) is 1. The molecule has 3 aromatic heterocycles. The molecule has 0 spiro atoms. The average Bonchev–Trinajstić information content (AvgIpc) is 3.38. The summed E-state index contributed by atoms with van der Waals surface area (Å²) in [5.74, 6) is 1.49. The highest BCUT2D eigenvalue weighted by Gasteiger charge is 2.25. The molecule has 0 amide bonds. The first-order chi connectivity index (χ1) is 14.8. The number of ether oxygens (including phenoxy) is 1. The maximum absolute atomic E-state index is 6.39. The second-order valence-electron chi connectivity index (χ2n) is 7.30. The highest BCUT2D eigenvalue weighted by Crippen LogP contribution is 2.37. The minimum absolute atomic E-state index is 0.0915. The monoisotopic (exact) mass is 405 g/mol. The van der Waals surface area contributed by atoms with E-state index in [0.717, 1.165) is 48.2 Å². The Bertz CT molecular complexity index is 1160. The molecule has 1 saturated heterocycles.